The number of ether oxygens (including phenoxy) is 2. The van der Waals surface area contributed by atoms with Crippen molar-refractivity contribution in [1.82, 2.24) is 0 Å². The van der Waals surface area contributed by atoms with E-state index in [4.69, 9.17) is 32.7 Å². The second-order valence-electron chi connectivity index (χ2n) is 7.39. The maximum Gasteiger partial charge on any atom is 0.435 e. The van der Waals surface area contributed by atoms with Crippen molar-refractivity contribution in [2.24, 2.45) is 5.10 Å². The smallest absolute Gasteiger partial charge is 0.435 e. The minimum absolute atomic E-state index is 0.113. The zero-order chi connectivity index (χ0) is 25.2. The molecule has 0 bridgehead atoms. The van der Waals surface area contributed by atoms with Gasteiger partial charge in [0.05, 0.1) is 18.4 Å². The average Bonchev–Trinajstić information content (AvgIpc) is 3.16. The maximum absolute atomic E-state index is 13.7. The Bertz CT molecular complexity index is 1330. The number of alkyl halides is 3. The quantitative estimate of drug-likeness (QED) is 0.331. The predicted molar refractivity (Wildman–Crippen MR) is 129 cm³/mol. The standard InChI is InChI=1S/C25H17Cl2F3N2O3/c1-34-22-12-15(7-10-21(22)35-14-16-8-9-17(26)13-20(16)27)11-19-23(25(28,29)30)31-32(24(19)33)18-5-3-2-4-6-18/h2-13H,14H2,1H3/b19-11-. The lowest BCUT2D eigenvalue weighted by atomic mass is 10.1. The first-order chi connectivity index (χ1) is 16.7. The fourth-order valence-electron chi connectivity index (χ4n) is 3.35. The number of para-hydroxylation sites is 1. The zero-order valence-corrected chi connectivity index (χ0v) is 19.7. The van der Waals surface area contributed by atoms with Crippen molar-refractivity contribution in [3.63, 3.8) is 0 Å². The van der Waals surface area contributed by atoms with Crippen molar-refractivity contribution >= 4 is 46.6 Å². The van der Waals surface area contributed by atoms with E-state index in [1.807, 2.05) is 0 Å². The van der Waals surface area contributed by atoms with E-state index in [1.165, 1.54) is 37.4 Å². The summed E-state index contributed by atoms with van der Waals surface area (Å²) in [6.45, 7) is 0.113. The van der Waals surface area contributed by atoms with Gasteiger partial charge in [-0.25, -0.2) is 0 Å². The molecule has 0 aromatic heterocycles. The molecule has 0 spiro atoms. The van der Waals surface area contributed by atoms with Crippen LogP contribution in [0.15, 0.2) is 77.4 Å². The number of hydrazone groups is 1. The molecule has 1 aliphatic rings. The first kappa shape index (κ1) is 24.6. The van der Waals surface area contributed by atoms with Gasteiger partial charge in [-0.15, -0.1) is 0 Å². The van der Waals surface area contributed by atoms with Gasteiger partial charge in [0.15, 0.2) is 17.2 Å². The van der Waals surface area contributed by atoms with Crippen LogP contribution in [0, 0.1) is 0 Å². The summed E-state index contributed by atoms with van der Waals surface area (Å²) in [7, 11) is 1.40. The van der Waals surface area contributed by atoms with E-state index in [9.17, 15) is 18.0 Å². The van der Waals surface area contributed by atoms with Crippen molar-refractivity contribution in [2.75, 3.05) is 12.1 Å². The molecule has 0 aliphatic carbocycles. The molecule has 0 fully saturated rings. The molecule has 1 amide bonds. The lowest BCUT2D eigenvalue weighted by Gasteiger charge is -2.13. The molecule has 3 aromatic carbocycles. The Morgan fingerprint density at radius 2 is 1.74 bits per heavy atom. The van der Waals surface area contributed by atoms with Gasteiger partial charge in [-0.05, 0) is 48.0 Å². The summed E-state index contributed by atoms with van der Waals surface area (Å²) in [5.41, 5.74) is -0.639. The molecule has 0 N–H and O–H groups in total. The minimum atomic E-state index is -4.82. The molecular weight excluding hydrogens is 504 g/mol. The fourth-order valence-corrected chi connectivity index (χ4v) is 3.82. The summed E-state index contributed by atoms with van der Waals surface area (Å²) >= 11 is 12.1. The number of nitrogens with zero attached hydrogens (tertiary/aromatic N) is 2. The topological polar surface area (TPSA) is 51.1 Å². The maximum atomic E-state index is 13.7. The monoisotopic (exact) mass is 520 g/mol. The SMILES string of the molecule is COc1cc(/C=C2\C(=O)N(c3ccccc3)N=C2C(F)(F)F)ccc1OCc1ccc(Cl)cc1Cl. The molecule has 1 heterocycles. The number of amides is 1. The third kappa shape index (κ3) is 5.44. The van der Waals surface area contributed by atoms with Crippen LogP contribution in [0.25, 0.3) is 6.08 Å². The number of methoxy groups -OCH3 is 1. The molecule has 0 unspecified atom stereocenters. The highest BCUT2D eigenvalue weighted by Gasteiger charge is 2.46. The van der Waals surface area contributed by atoms with Crippen LogP contribution in [0.4, 0.5) is 18.9 Å². The van der Waals surface area contributed by atoms with Crippen LogP contribution in [0.5, 0.6) is 11.5 Å². The fraction of sp³-hybridized carbons (Fsp3) is 0.120. The third-order valence-electron chi connectivity index (χ3n) is 5.04. The van der Waals surface area contributed by atoms with Crippen LogP contribution in [-0.2, 0) is 11.4 Å². The lowest BCUT2D eigenvalue weighted by molar-refractivity contribution is -0.114. The Morgan fingerprint density at radius 1 is 1.00 bits per heavy atom. The molecule has 180 valence electrons. The van der Waals surface area contributed by atoms with Crippen LogP contribution in [0.1, 0.15) is 11.1 Å². The van der Waals surface area contributed by atoms with E-state index in [-0.39, 0.29) is 18.0 Å². The summed E-state index contributed by atoms with van der Waals surface area (Å²) < 4.78 is 52.2. The van der Waals surface area contributed by atoms with Gasteiger partial charge in [-0.1, -0.05) is 53.5 Å². The molecule has 4 rings (SSSR count). The first-order valence-electron chi connectivity index (χ1n) is 10.2. The third-order valence-corrected chi connectivity index (χ3v) is 5.63. The highest BCUT2D eigenvalue weighted by Crippen LogP contribution is 2.35. The van der Waals surface area contributed by atoms with E-state index >= 15 is 0 Å². The van der Waals surface area contributed by atoms with Crippen molar-refractivity contribution < 1.29 is 27.4 Å². The molecule has 1 aliphatic heterocycles. The van der Waals surface area contributed by atoms with Gasteiger partial charge in [-0.3, -0.25) is 4.79 Å². The van der Waals surface area contributed by atoms with Crippen molar-refractivity contribution in [1.29, 1.82) is 0 Å². The molecule has 0 saturated heterocycles. The minimum Gasteiger partial charge on any atom is -0.493 e. The van der Waals surface area contributed by atoms with Crippen LogP contribution in [0.2, 0.25) is 10.0 Å². The van der Waals surface area contributed by atoms with Gasteiger partial charge in [0.2, 0.25) is 0 Å². The molecule has 10 heteroatoms. The van der Waals surface area contributed by atoms with Crippen LogP contribution in [-0.4, -0.2) is 24.9 Å². The van der Waals surface area contributed by atoms with Gasteiger partial charge in [0, 0.05) is 15.6 Å². The van der Waals surface area contributed by atoms with E-state index in [0.717, 1.165) is 11.1 Å². The molecule has 35 heavy (non-hydrogen) atoms. The summed E-state index contributed by atoms with van der Waals surface area (Å²) in [5.74, 6) is -0.283. The number of hydrogen-bond acceptors (Lipinski definition) is 4. The molecule has 3 aromatic rings. The molecule has 0 radical (unpaired) electrons. The number of benzene rings is 3. The van der Waals surface area contributed by atoms with Gasteiger partial charge in [-0.2, -0.15) is 23.3 Å². The van der Waals surface area contributed by atoms with E-state index < -0.39 is 23.4 Å². The highest BCUT2D eigenvalue weighted by molar-refractivity contribution is 6.35. The van der Waals surface area contributed by atoms with Crippen molar-refractivity contribution in [3.05, 3.63) is 93.5 Å². The summed E-state index contributed by atoms with van der Waals surface area (Å²) in [5, 5.41) is 5.21. The van der Waals surface area contributed by atoms with Gasteiger partial charge in [0.1, 0.15) is 6.61 Å². The Kier molecular flexibility index (Phi) is 7.05. The largest absolute Gasteiger partial charge is 0.493 e. The predicted octanol–water partition coefficient (Wildman–Crippen LogP) is 6.93. The number of anilines is 1. The second-order valence-corrected chi connectivity index (χ2v) is 8.24. The Hall–Kier alpha value is -3.49. The van der Waals surface area contributed by atoms with E-state index in [0.29, 0.717) is 26.9 Å². The molecular formula is C25H17Cl2F3N2O3. The number of carbonyl (C=O) groups is 1. The number of rotatable bonds is 6. The molecule has 5 nitrogen and oxygen atoms in total. The van der Waals surface area contributed by atoms with Crippen LogP contribution < -0.4 is 14.5 Å². The van der Waals surface area contributed by atoms with Gasteiger partial charge < -0.3 is 9.47 Å². The number of halogens is 5. The Balaban J connectivity index is 1.62. The molecule has 0 saturated carbocycles. The second kappa shape index (κ2) is 10.0. The number of carbonyl (C=O) groups excluding carboxylic acids is 1. The average molecular weight is 521 g/mol. The summed E-state index contributed by atoms with van der Waals surface area (Å²) in [4.78, 5) is 12.9. The van der Waals surface area contributed by atoms with Crippen LogP contribution >= 0.6 is 23.2 Å². The number of hydrogen-bond donors (Lipinski definition) is 0. The van der Waals surface area contributed by atoms with Gasteiger partial charge in [0.25, 0.3) is 5.91 Å². The summed E-state index contributed by atoms with van der Waals surface area (Å²) in [6, 6.07) is 17.4. The Labute approximate surface area is 209 Å². The summed E-state index contributed by atoms with van der Waals surface area (Å²) in [6.07, 6.45) is -3.70. The normalized spacial score (nSPS) is 14.9. The van der Waals surface area contributed by atoms with Crippen molar-refractivity contribution in [3.8, 4) is 11.5 Å². The first-order valence-corrected chi connectivity index (χ1v) is 10.9. The molecule has 0 atom stereocenters. The van der Waals surface area contributed by atoms with E-state index in [2.05, 4.69) is 5.10 Å². The highest BCUT2D eigenvalue weighted by atomic mass is 35.5. The lowest BCUT2D eigenvalue weighted by Crippen LogP contribution is -2.25. The zero-order valence-electron chi connectivity index (χ0n) is 18.1. The van der Waals surface area contributed by atoms with E-state index in [1.54, 1.807) is 36.4 Å². The van der Waals surface area contributed by atoms with Gasteiger partial charge >= 0.3 is 6.18 Å². The Morgan fingerprint density at radius 3 is 2.40 bits per heavy atom. The van der Waals surface area contributed by atoms with Crippen molar-refractivity contribution in [2.45, 2.75) is 12.8 Å². The van der Waals surface area contributed by atoms with Crippen LogP contribution in [0.3, 0.4) is 0 Å².